The average Bonchev–Trinajstić information content (AvgIpc) is 2.69. The molecule has 0 unspecified atom stereocenters. The van der Waals surface area contributed by atoms with Crippen molar-refractivity contribution in [2.24, 2.45) is 17.2 Å². The van der Waals surface area contributed by atoms with E-state index in [2.05, 4.69) is 6.92 Å². The van der Waals surface area contributed by atoms with Crippen LogP contribution in [0.2, 0.25) is 0 Å². The molecule has 0 aliphatic carbocycles. The summed E-state index contributed by atoms with van der Waals surface area (Å²) >= 11 is 0. The van der Waals surface area contributed by atoms with E-state index >= 15 is 0 Å². The fourth-order valence-corrected chi connectivity index (χ4v) is 2.34. The number of aliphatic hydroxyl groups excluding tert-OH is 3. The average molecular weight is 434 g/mol. The maximum Gasteiger partial charge on any atom is 0.264 e. The van der Waals surface area contributed by atoms with Gasteiger partial charge >= 0.3 is 0 Å². The molecule has 28 heavy (non-hydrogen) atoms. The minimum Gasteiger partial charge on any atom is -0.395 e. The monoisotopic (exact) mass is 433 g/mol. The predicted octanol–water partition coefficient (Wildman–Crippen LogP) is 0.607. The van der Waals surface area contributed by atoms with E-state index in [-0.39, 0.29) is 25.6 Å². The van der Waals surface area contributed by atoms with Crippen LogP contribution in [0.5, 0.6) is 0 Å². The summed E-state index contributed by atoms with van der Waals surface area (Å²) in [5.41, 5.74) is 14.3. The van der Waals surface area contributed by atoms with E-state index in [4.69, 9.17) is 37.1 Å². The lowest BCUT2D eigenvalue weighted by molar-refractivity contribution is 0.306. The van der Waals surface area contributed by atoms with E-state index in [1.54, 1.807) is 0 Å². The van der Waals surface area contributed by atoms with Crippen molar-refractivity contribution in [2.75, 3.05) is 45.2 Å². The van der Waals surface area contributed by atoms with Crippen LogP contribution in [0.1, 0.15) is 71.1 Å². The van der Waals surface area contributed by atoms with Crippen LogP contribution >= 0.6 is 0 Å². The second-order valence-electron chi connectivity index (χ2n) is 6.00. The molecule has 0 aliphatic rings. The molecule has 0 fully saturated rings. The molecule has 0 saturated heterocycles. The first kappa shape index (κ1) is 35.1. The zero-order valence-electron chi connectivity index (χ0n) is 17.8. The molecule has 0 aromatic heterocycles. The molecule has 9 nitrogen and oxygen atoms in total. The third kappa shape index (κ3) is 63.6. The summed E-state index contributed by atoms with van der Waals surface area (Å²) in [7, 11) is -3.73. The summed E-state index contributed by atoms with van der Waals surface area (Å²) < 4.78 is 29.4. The Labute approximate surface area is 172 Å². The Morgan fingerprint density at radius 3 is 1.07 bits per heavy atom. The summed E-state index contributed by atoms with van der Waals surface area (Å²) in [6, 6.07) is 0. The van der Waals surface area contributed by atoms with Crippen LogP contribution < -0.4 is 17.2 Å². The molecule has 0 spiro atoms. The van der Waals surface area contributed by atoms with Gasteiger partial charge in [0.15, 0.2) is 0 Å². The molecule has 0 heterocycles. The first-order valence-electron chi connectivity index (χ1n) is 10.2. The summed E-state index contributed by atoms with van der Waals surface area (Å²) in [6.07, 6.45) is 11.7. The smallest absolute Gasteiger partial charge is 0.264 e. The van der Waals surface area contributed by atoms with Crippen LogP contribution in [0.4, 0.5) is 0 Å². The highest BCUT2D eigenvalue weighted by atomic mass is 32.2. The van der Waals surface area contributed by atoms with Crippen molar-refractivity contribution < 1.29 is 28.3 Å². The first-order valence-corrected chi connectivity index (χ1v) is 11.8. The Bertz CT molecular complexity index is 318. The Morgan fingerprint density at radius 2 is 0.857 bits per heavy atom. The molecule has 10 N–H and O–H groups in total. The number of unbranched alkanes of at least 4 members (excludes halogenated alkanes) is 9. The maximum atomic E-state index is 10.4. The number of aliphatic hydroxyl groups is 3. The highest BCUT2D eigenvalue weighted by Crippen LogP contribution is 2.10. The number of nitrogens with two attached hydrogens (primary N) is 3. The maximum absolute atomic E-state index is 10.4. The molecule has 0 amide bonds. The van der Waals surface area contributed by atoms with Gasteiger partial charge in [-0.3, -0.25) is 4.55 Å². The predicted molar refractivity (Wildman–Crippen MR) is 117 cm³/mol. The second kappa shape index (κ2) is 34.2. The van der Waals surface area contributed by atoms with Crippen molar-refractivity contribution in [2.45, 2.75) is 71.1 Å². The summed E-state index contributed by atoms with van der Waals surface area (Å²) in [4.78, 5) is 0. The molecular formula is C18H47N3O6S. The second-order valence-corrected chi connectivity index (χ2v) is 7.58. The number of hydrogen-bond acceptors (Lipinski definition) is 8. The highest BCUT2D eigenvalue weighted by molar-refractivity contribution is 7.85. The van der Waals surface area contributed by atoms with Crippen molar-refractivity contribution in [1.82, 2.24) is 0 Å². The third-order valence-corrected chi connectivity index (χ3v) is 3.95. The van der Waals surface area contributed by atoms with Gasteiger partial charge in [0.1, 0.15) is 0 Å². The number of rotatable bonds is 14. The van der Waals surface area contributed by atoms with Crippen LogP contribution in [0.15, 0.2) is 0 Å². The fourth-order valence-electron chi connectivity index (χ4n) is 1.77. The van der Waals surface area contributed by atoms with E-state index < -0.39 is 10.1 Å². The van der Waals surface area contributed by atoms with Gasteiger partial charge in [-0.05, 0) is 6.42 Å². The van der Waals surface area contributed by atoms with Crippen LogP contribution in [0, 0.1) is 0 Å². The SMILES string of the molecule is CCCCCCCCCCCCS(=O)(=O)O.NCCO.NCCO.NCCO. The molecule has 176 valence electrons. The van der Waals surface area contributed by atoms with E-state index in [1.165, 1.54) is 44.9 Å². The van der Waals surface area contributed by atoms with Crippen LogP contribution in [-0.2, 0) is 10.1 Å². The van der Waals surface area contributed by atoms with Gasteiger partial charge in [-0.25, -0.2) is 0 Å². The Kier molecular flexibility index (Phi) is 42.9. The molecule has 10 heteroatoms. The van der Waals surface area contributed by atoms with Gasteiger partial charge in [-0.1, -0.05) is 64.7 Å². The summed E-state index contributed by atoms with van der Waals surface area (Å²) in [5.74, 6) is -0.0799. The van der Waals surface area contributed by atoms with Gasteiger partial charge in [0.2, 0.25) is 0 Å². The fraction of sp³-hybridized carbons (Fsp3) is 1.00. The lowest BCUT2D eigenvalue weighted by Gasteiger charge is -2.01. The van der Waals surface area contributed by atoms with Crippen molar-refractivity contribution in [3.63, 3.8) is 0 Å². The summed E-state index contributed by atoms with van der Waals surface area (Å²) in [5, 5.41) is 23.2. The number of hydrogen-bond donors (Lipinski definition) is 7. The molecule has 0 aliphatic heterocycles. The Balaban J connectivity index is -0.000000195. The lowest BCUT2D eigenvalue weighted by Crippen LogP contribution is -2.03. The quantitative estimate of drug-likeness (QED) is 0.152. The van der Waals surface area contributed by atoms with Gasteiger partial charge in [0, 0.05) is 19.6 Å². The third-order valence-electron chi connectivity index (χ3n) is 3.14. The standard InChI is InChI=1S/C12H26O3S.3C2H7NO/c1-2-3-4-5-6-7-8-9-10-11-12-16(13,14)15;3*3-1-2-4/h2-12H2,1H3,(H,13,14,15);3*4H,1-3H2. The van der Waals surface area contributed by atoms with Gasteiger partial charge in [0.25, 0.3) is 10.1 Å². The topological polar surface area (TPSA) is 193 Å². The molecule has 0 bridgehead atoms. The van der Waals surface area contributed by atoms with E-state index in [0.29, 0.717) is 26.1 Å². The molecule has 0 aromatic rings. The van der Waals surface area contributed by atoms with E-state index in [9.17, 15) is 8.42 Å². The minimum atomic E-state index is -3.73. The van der Waals surface area contributed by atoms with E-state index in [0.717, 1.165) is 12.8 Å². The normalized spacial score (nSPS) is 10.0. The molecular weight excluding hydrogens is 386 g/mol. The Hall–Kier alpha value is -0.330. The van der Waals surface area contributed by atoms with Crippen molar-refractivity contribution >= 4 is 10.1 Å². The van der Waals surface area contributed by atoms with Crippen molar-refractivity contribution in [3.05, 3.63) is 0 Å². The molecule has 0 saturated carbocycles. The van der Waals surface area contributed by atoms with Crippen LogP contribution in [-0.4, -0.2) is 73.5 Å². The molecule has 0 aromatic carbocycles. The summed E-state index contributed by atoms with van der Waals surface area (Å²) in [6.45, 7) is 3.63. The van der Waals surface area contributed by atoms with Gasteiger partial charge < -0.3 is 32.5 Å². The van der Waals surface area contributed by atoms with Gasteiger partial charge in [-0.2, -0.15) is 8.42 Å². The van der Waals surface area contributed by atoms with E-state index in [1.807, 2.05) is 0 Å². The highest BCUT2D eigenvalue weighted by Gasteiger charge is 2.02. The Morgan fingerprint density at radius 1 is 0.607 bits per heavy atom. The zero-order chi connectivity index (χ0) is 22.5. The van der Waals surface area contributed by atoms with Gasteiger partial charge in [-0.15, -0.1) is 0 Å². The van der Waals surface area contributed by atoms with Gasteiger partial charge in [0.05, 0.1) is 25.6 Å². The minimum absolute atomic E-state index is 0.0799. The lowest BCUT2D eigenvalue weighted by atomic mass is 10.1. The zero-order valence-corrected chi connectivity index (χ0v) is 18.6. The van der Waals surface area contributed by atoms with Crippen LogP contribution in [0.3, 0.4) is 0 Å². The van der Waals surface area contributed by atoms with Crippen molar-refractivity contribution in [1.29, 1.82) is 0 Å². The first-order chi connectivity index (χ1) is 13.3. The molecule has 0 rings (SSSR count). The largest absolute Gasteiger partial charge is 0.395 e. The molecule has 0 atom stereocenters. The van der Waals surface area contributed by atoms with Crippen molar-refractivity contribution in [3.8, 4) is 0 Å². The molecule has 0 radical (unpaired) electrons. The van der Waals surface area contributed by atoms with Crippen LogP contribution in [0.25, 0.3) is 0 Å².